The summed E-state index contributed by atoms with van der Waals surface area (Å²) < 4.78 is 0. The number of amides is 2. The third kappa shape index (κ3) is 3.59. The van der Waals surface area contributed by atoms with Crippen molar-refractivity contribution in [1.82, 2.24) is 9.80 Å². The molecule has 1 aromatic carbocycles. The third-order valence-corrected chi connectivity index (χ3v) is 6.28. The van der Waals surface area contributed by atoms with Crippen LogP contribution in [0, 0.1) is 5.92 Å². The van der Waals surface area contributed by atoms with Crippen LogP contribution in [0.3, 0.4) is 0 Å². The Hall–Kier alpha value is -1.53. The number of nitrogens with one attached hydrogen (secondary N) is 1. The van der Waals surface area contributed by atoms with Crippen LogP contribution in [-0.4, -0.2) is 59.6 Å². The minimum absolute atomic E-state index is 0.0561. The van der Waals surface area contributed by atoms with E-state index >= 15 is 0 Å². The largest absolute Gasteiger partial charge is 0.340 e. The Bertz CT molecular complexity index is 639. The van der Waals surface area contributed by atoms with E-state index in [1.165, 1.54) is 31.1 Å². The van der Waals surface area contributed by atoms with Crippen LogP contribution in [0.4, 0.5) is 5.69 Å². The van der Waals surface area contributed by atoms with E-state index in [0.29, 0.717) is 0 Å². The lowest BCUT2D eigenvalue weighted by Crippen LogP contribution is -2.50. The zero-order valence-corrected chi connectivity index (χ0v) is 14.6. The van der Waals surface area contributed by atoms with E-state index in [-0.39, 0.29) is 23.5 Å². The Morgan fingerprint density at radius 1 is 1.17 bits per heavy atom. The van der Waals surface area contributed by atoms with E-state index in [9.17, 15) is 9.59 Å². The first kappa shape index (κ1) is 16.0. The molecule has 0 aromatic heterocycles. The number of hydrogen-bond acceptors (Lipinski definition) is 4. The summed E-state index contributed by atoms with van der Waals surface area (Å²) in [4.78, 5) is 30.3. The molecule has 1 saturated carbocycles. The first-order valence-electron chi connectivity index (χ1n) is 8.76. The number of anilines is 1. The molecule has 0 spiro atoms. The summed E-state index contributed by atoms with van der Waals surface area (Å²) in [6.45, 7) is 4.71. The van der Waals surface area contributed by atoms with Gasteiger partial charge in [-0.15, -0.1) is 11.8 Å². The van der Waals surface area contributed by atoms with Crippen LogP contribution >= 0.6 is 11.8 Å². The predicted molar refractivity (Wildman–Crippen MR) is 95.1 cm³/mol. The van der Waals surface area contributed by atoms with E-state index in [2.05, 4.69) is 10.2 Å². The molecule has 2 aliphatic heterocycles. The molecule has 0 bridgehead atoms. The normalized spacial score (nSPS) is 24.4. The lowest BCUT2D eigenvalue weighted by molar-refractivity contribution is -0.134. The van der Waals surface area contributed by atoms with E-state index in [1.54, 1.807) is 0 Å². The van der Waals surface area contributed by atoms with Crippen molar-refractivity contribution in [2.45, 2.75) is 29.4 Å². The van der Waals surface area contributed by atoms with Gasteiger partial charge in [-0.3, -0.25) is 14.5 Å². The average molecular weight is 345 g/mol. The maximum atomic E-state index is 12.6. The summed E-state index contributed by atoms with van der Waals surface area (Å²) in [6.07, 6.45) is 3.02. The van der Waals surface area contributed by atoms with Crippen LogP contribution in [0.15, 0.2) is 29.2 Å². The highest BCUT2D eigenvalue weighted by Gasteiger charge is 2.32. The number of piperazine rings is 1. The van der Waals surface area contributed by atoms with Crippen molar-refractivity contribution in [3.63, 3.8) is 0 Å². The number of carbonyl (C=O) groups excluding carboxylic acids is 2. The molecule has 1 aromatic rings. The first-order chi connectivity index (χ1) is 11.7. The summed E-state index contributed by atoms with van der Waals surface area (Å²) in [5.74, 6) is 0.946. The number of thioether (sulfide) groups is 1. The highest BCUT2D eigenvalue weighted by Crippen LogP contribution is 2.37. The predicted octanol–water partition coefficient (Wildman–Crippen LogP) is 2.04. The molecule has 0 radical (unpaired) electrons. The molecule has 24 heavy (non-hydrogen) atoms. The minimum Gasteiger partial charge on any atom is -0.340 e. The van der Waals surface area contributed by atoms with Crippen molar-refractivity contribution in [3.05, 3.63) is 24.3 Å². The number of hydrogen-bond donors (Lipinski definition) is 1. The zero-order chi connectivity index (χ0) is 16.5. The molecular weight excluding hydrogens is 322 g/mol. The van der Waals surface area contributed by atoms with Crippen molar-refractivity contribution in [3.8, 4) is 0 Å². The van der Waals surface area contributed by atoms with Crippen molar-refractivity contribution in [2.24, 2.45) is 5.92 Å². The fourth-order valence-corrected chi connectivity index (χ4v) is 4.46. The molecule has 5 nitrogen and oxygen atoms in total. The second-order valence-corrected chi connectivity index (χ2v) is 8.17. The van der Waals surface area contributed by atoms with E-state index in [1.807, 2.05) is 29.2 Å². The van der Waals surface area contributed by atoms with Gasteiger partial charge in [0.2, 0.25) is 11.8 Å². The smallest absolute Gasteiger partial charge is 0.238 e. The summed E-state index contributed by atoms with van der Waals surface area (Å²) in [6, 6.07) is 7.76. The summed E-state index contributed by atoms with van der Waals surface area (Å²) in [5, 5.41) is 2.59. The molecule has 3 aliphatic rings. The molecule has 1 saturated heterocycles. The van der Waals surface area contributed by atoms with E-state index < -0.39 is 0 Å². The molecule has 6 heteroatoms. The van der Waals surface area contributed by atoms with Crippen molar-refractivity contribution in [1.29, 1.82) is 0 Å². The van der Waals surface area contributed by atoms with Gasteiger partial charge in [0, 0.05) is 44.0 Å². The van der Waals surface area contributed by atoms with Gasteiger partial charge < -0.3 is 10.2 Å². The lowest BCUT2D eigenvalue weighted by atomic mass is 10.2. The second kappa shape index (κ2) is 6.76. The van der Waals surface area contributed by atoms with Gasteiger partial charge in [0.05, 0.1) is 10.9 Å². The summed E-state index contributed by atoms with van der Waals surface area (Å²) in [7, 11) is 0. The van der Waals surface area contributed by atoms with Gasteiger partial charge in [0.15, 0.2) is 0 Å². The molecule has 2 fully saturated rings. The first-order valence-corrected chi connectivity index (χ1v) is 9.64. The molecule has 1 aliphatic carbocycles. The van der Waals surface area contributed by atoms with Crippen LogP contribution in [0.5, 0.6) is 0 Å². The maximum absolute atomic E-state index is 12.6. The van der Waals surface area contributed by atoms with Crippen LogP contribution in [0.1, 0.15) is 19.3 Å². The topological polar surface area (TPSA) is 52.7 Å². The van der Waals surface area contributed by atoms with Gasteiger partial charge in [-0.25, -0.2) is 0 Å². The quantitative estimate of drug-likeness (QED) is 0.907. The number of fused-ring (bicyclic) bond motifs is 1. The third-order valence-electron chi connectivity index (χ3n) is 5.00. The number of carbonyl (C=O) groups is 2. The molecule has 2 heterocycles. The minimum atomic E-state index is -0.322. The molecule has 1 N–H and O–H groups in total. The number of benzene rings is 1. The van der Waals surface area contributed by atoms with Gasteiger partial charge in [0.25, 0.3) is 0 Å². The zero-order valence-electron chi connectivity index (χ0n) is 13.7. The molecule has 128 valence electrons. The Morgan fingerprint density at radius 3 is 2.67 bits per heavy atom. The van der Waals surface area contributed by atoms with Crippen molar-refractivity contribution in [2.75, 3.05) is 38.0 Å². The van der Waals surface area contributed by atoms with Gasteiger partial charge in [-0.1, -0.05) is 12.1 Å². The fraction of sp³-hybridized carbons (Fsp3) is 0.556. The van der Waals surface area contributed by atoms with Crippen LogP contribution in [0.2, 0.25) is 0 Å². The number of rotatable bonds is 4. The van der Waals surface area contributed by atoms with Crippen LogP contribution in [-0.2, 0) is 9.59 Å². The molecular formula is C18H23N3O2S. The molecule has 4 rings (SSSR count). The van der Waals surface area contributed by atoms with Gasteiger partial charge in [0.1, 0.15) is 0 Å². The van der Waals surface area contributed by atoms with E-state index in [4.69, 9.17) is 0 Å². The Kier molecular flexibility index (Phi) is 4.50. The molecule has 1 atom stereocenters. The standard InChI is InChI=1S/C18H23N3O2S/c22-17(21-9-7-20(8-10-21)12-13-5-6-13)11-16-18(23)19-14-3-1-2-4-15(14)24-16/h1-4,13,16H,5-12H2,(H,19,23). The molecule has 1 unspecified atom stereocenters. The van der Waals surface area contributed by atoms with E-state index in [0.717, 1.165) is 42.7 Å². The molecule has 2 amide bonds. The van der Waals surface area contributed by atoms with Crippen LogP contribution in [0.25, 0.3) is 0 Å². The Labute approximate surface area is 146 Å². The summed E-state index contributed by atoms with van der Waals surface area (Å²) in [5.41, 5.74) is 0.852. The van der Waals surface area contributed by atoms with Crippen molar-refractivity contribution < 1.29 is 9.59 Å². The SMILES string of the molecule is O=C1Nc2ccccc2SC1CC(=O)N1CCN(CC2CC2)CC1. The number of para-hydroxylation sites is 1. The van der Waals surface area contributed by atoms with Gasteiger partial charge >= 0.3 is 0 Å². The number of nitrogens with zero attached hydrogens (tertiary/aromatic N) is 2. The maximum Gasteiger partial charge on any atom is 0.238 e. The summed E-state index contributed by atoms with van der Waals surface area (Å²) >= 11 is 1.50. The van der Waals surface area contributed by atoms with Crippen molar-refractivity contribution >= 4 is 29.3 Å². The van der Waals surface area contributed by atoms with Crippen LogP contribution < -0.4 is 5.32 Å². The fourth-order valence-electron chi connectivity index (χ4n) is 3.36. The van der Waals surface area contributed by atoms with Gasteiger partial charge in [-0.05, 0) is 30.9 Å². The Morgan fingerprint density at radius 2 is 1.92 bits per heavy atom. The monoisotopic (exact) mass is 345 g/mol. The Balaban J connectivity index is 1.30. The lowest BCUT2D eigenvalue weighted by Gasteiger charge is -2.35. The second-order valence-electron chi connectivity index (χ2n) is 6.92. The van der Waals surface area contributed by atoms with Gasteiger partial charge in [-0.2, -0.15) is 0 Å². The highest BCUT2D eigenvalue weighted by molar-refractivity contribution is 8.01. The average Bonchev–Trinajstić information content (AvgIpc) is 3.40. The highest BCUT2D eigenvalue weighted by atomic mass is 32.2.